The summed E-state index contributed by atoms with van der Waals surface area (Å²) in [6.45, 7) is 1.88. The molecule has 1 amide bonds. The van der Waals surface area contributed by atoms with Crippen LogP contribution in [0.4, 0.5) is 5.69 Å². The Labute approximate surface area is 128 Å². The number of nitrogen functional groups attached to an aromatic ring is 1. The highest BCUT2D eigenvalue weighted by atomic mass is 35.5. The number of hydrogen-bond donors (Lipinski definition) is 2. The maximum atomic E-state index is 12.4. The third kappa shape index (κ3) is 3.47. The second-order valence-corrected chi connectivity index (χ2v) is 5.08. The first-order chi connectivity index (χ1) is 10.0. The molecular formula is C16H17ClN2O2. The Kier molecular flexibility index (Phi) is 4.70. The molecule has 0 aromatic heterocycles. The Morgan fingerprint density at radius 2 is 2.00 bits per heavy atom. The number of rotatable bonds is 4. The summed E-state index contributed by atoms with van der Waals surface area (Å²) in [6.07, 6.45) is 0. The number of benzene rings is 2. The molecule has 0 aliphatic heterocycles. The average Bonchev–Trinajstić information content (AvgIpc) is 2.47. The summed E-state index contributed by atoms with van der Waals surface area (Å²) in [5.41, 5.74) is 7.53. The zero-order valence-corrected chi connectivity index (χ0v) is 12.6. The predicted octanol–water partition coefficient (Wildman–Crippen LogP) is 3.42. The lowest BCUT2D eigenvalue weighted by Gasteiger charge is -2.17. The molecule has 0 saturated carbocycles. The minimum absolute atomic E-state index is 0.214. The molecule has 0 fully saturated rings. The van der Waals surface area contributed by atoms with Crippen LogP contribution in [0.2, 0.25) is 5.02 Å². The second-order valence-electron chi connectivity index (χ2n) is 4.68. The molecule has 4 nitrogen and oxygen atoms in total. The fourth-order valence-electron chi connectivity index (χ4n) is 2.07. The highest BCUT2D eigenvalue weighted by Gasteiger charge is 2.17. The summed E-state index contributed by atoms with van der Waals surface area (Å²) in [7, 11) is 1.50. The third-order valence-corrected chi connectivity index (χ3v) is 3.53. The Morgan fingerprint density at radius 3 is 2.67 bits per heavy atom. The van der Waals surface area contributed by atoms with E-state index in [0.717, 1.165) is 5.56 Å². The second kappa shape index (κ2) is 6.50. The molecule has 5 heteroatoms. The molecular weight excluding hydrogens is 288 g/mol. The van der Waals surface area contributed by atoms with E-state index in [4.69, 9.17) is 22.1 Å². The largest absolute Gasteiger partial charge is 0.496 e. The molecule has 2 aromatic carbocycles. The lowest BCUT2D eigenvalue weighted by Crippen LogP contribution is -2.27. The van der Waals surface area contributed by atoms with Crippen LogP contribution in [0, 0.1) is 0 Å². The highest BCUT2D eigenvalue weighted by Crippen LogP contribution is 2.25. The number of amides is 1. The molecule has 0 spiro atoms. The lowest BCUT2D eigenvalue weighted by atomic mass is 10.1. The number of carbonyl (C=O) groups excluding carboxylic acids is 1. The molecule has 110 valence electrons. The normalized spacial score (nSPS) is 11.8. The van der Waals surface area contributed by atoms with Crippen molar-refractivity contribution in [3.05, 3.63) is 58.6 Å². The van der Waals surface area contributed by atoms with Gasteiger partial charge < -0.3 is 15.8 Å². The Hall–Kier alpha value is -2.20. The van der Waals surface area contributed by atoms with E-state index in [0.29, 0.717) is 22.0 Å². The number of nitrogens with two attached hydrogens (primary N) is 1. The zero-order valence-electron chi connectivity index (χ0n) is 11.9. The Balaban J connectivity index is 2.20. The molecule has 1 atom stereocenters. The van der Waals surface area contributed by atoms with Gasteiger partial charge in [-0.25, -0.2) is 0 Å². The van der Waals surface area contributed by atoms with E-state index in [1.54, 1.807) is 24.3 Å². The van der Waals surface area contributed by atoms with Gasteiger partial charge in [-0.15, -0.1) is 0 Å². The Bertz CT molecular complexity index is 658. The van der Waals surface area contributed by atoms with Crippen molar-refractivity contribution in [2.24, 2.45) is 0 Å². The summed E-state index contributed by atoms with van der Waals surface area (Å²) in [5.74, 6) is 0.207. The first-order valence-corrected chi connectivity index (χ1v) is 6.89. The van der Waals surface area contributed by atoms with Crippen molar-refractivity contribution in [1.82, 2.24) is 5.32 Å². The summed E-state index contributed by atoms with van der Waals surface area (Å²) in [4.78, 5) is 12.4. The molecule has 3 N–H and O–H groups in total. The van der Waals surface area contributed by atoms with Crippen molar-refractivity contribution in [2.75, 3.05) is 12.8 Å². The van der Waals surface area contributed by atoms with Crippen LogP contribution in [0.3, 0.4) is 0 Å². The summed E-state index contributed by atoms with van der Waals surface area (Å²) in [6, 6.07) is 12.1. The summed E-state index contributed by atoms with van der Waals surface area (Å²) < 4.78 is 5.19. The van der Waals surface area contributed by atoms with Gasteiger partial charge in [-0.1, -0.05) is 29.8 Å². The minimum atomic E-state index is -0.237. The fourth-order valence-corrected chi connectivity index (χ4v) is 2.37. The van der Waals surface area contributed by atoms with E-state index in [1.807, 2.05) is 25.1 Å². The van der Waals surface area contributed by atoms with Crippen molar-refractivity contribution >= 4 is 23.2 Å². The zero-order chi connectivity index (χ0) is 15.4. The summed E-state index contributed by atoms with van der Waals surface area (Å²) >= 11 is 6.14. The first-order valence-electron chi connectivity index (χ1n) is 6.51. The van der Waals surface area contributed by atoms with Gasteiger partial charge in [0.25, 0.3) is 5.91 Å². The van der Waals surface area contributed by atoms with Gasteiger partial charge in [-0.3, -0.25) is 4.79 Å². The molecule has 2 aromatic rings. The molecule has 0 aliphatic carbocycles. The van der Waals surface area contributed by atoms with Gasteiger partial charge in [0.1, 0.15) is 5.75 Å². The Morgan fingerprint density at radius 1 is 1.29 bits per heavy atom. The van der Waals surface area contributed by atoms with Crippen molar-refractivity contribution in [2.45, 2.75) is 13.0 Å². The number of anilines is 1. The maximum absolute atomic E-state index is 12.4. The number of nitrogens with one attached hydrogen (secondary N) is 1. The minimum Gasteiger partial charge on any atom is -0.496 e. The van der Waals surface area contributed by atoms with Crippen molar-refractivity contribution in [3.8, 4) is 5.75 Å². The van der Waals surface area contributed by atoms with Gasteiger partial charge in [-0.05, 0) is 30.7 Å². The van der Waals surface area contributed by atoms with E-state index >= 15 is 0 Å². The van der Waals surface area contributed by atoms with Gasteiger partial charge in [0.15, 0.2) is 0 Å². The van der Waals surface area contributed by atoms with Crippen molar-refractivity contribution in [1.29, 1.82) is 0 Å². The SMILES string of the molecule is COc1cc(N)ccc1C(=O)N[C@H](C)c1ccccc1Cl. The lowest BCUT2D eigenvalue weighted by molar-refractivity contribution is 0.0937. The van der Waals surface area contributed by atoms with Gasteiger partial charge in [0.2, 0.25) is 0 Å². The average molecular weight is 305 g/mol. The fraction of sp³-hybridized carbons (Fsp3) is 0.188. The smallest absolute Gasteiger partial charge is 0.255 e. The van der Waals surface area contributed by atoms with Crippen LogP contribution in [0.1, 0.15) is 28.9 Å². The molecule has 0 saturated heterocycles. The van der Waals surface area contributed by atoms with Crippen LogP contribution in [0.5, 0.6) is 5.75 Å². The number of methoxy groups -OCH3 is 1. The van der Waals surface area contributed by atoms with Crippen LogP contribution < -0.4 is 15.8 Å². The van der Waals surface area contributed by atoms with Crippen LogP contribution in [-0.4, -0.2) is 13.0 Å². The molecule has 0 heterocycles. The van der Waals surface area contributed by atoms with Crippen molar-refractivity contribution in [3.63, 3.8) is 0 Å². The maximum Gasteiger partial charge on any atom is 0.255 e. The number of hydrogen-bond acceptors (Lipinski definition) is 3. The van der Waals surface area contributed by atoms with Gasteiger partial charge in [-0.2, -0.15) is 0 Å². The predicted molar refractivity (Wildman–Crippen MR) is 84.7 cm³/mol. The van der Waals surface area contributed by atoms with Gasteiger partial charge in [0.05, 0.1) is 18.7 Å². The number of ether oxygens (including phenoxy) is 1. The standard InChI is InChI=1S/C16H17ClN2O2/c1-10(12-5-3-4-6-14(12)17)19-16(20)13-8-7-11(18)9-15(13)21-2/h3-10H,18H2,1-2H3,(H,19,20)/t10-/m1/s1. The molecule has 0 radical (unpaired) electrons. The van der Waals surface area contributed by atoms with E-state index in [-0.39, 0.29) is 11.9 Å². The molecule has 0 bridgehead atoms. The third-order valence-electron chi connectivity index (χ3n) is 3.19. The van der Waals surface area contributed by atoms with Crippen molar-refractivity contribution < 1.29 is 9.53 Å². The van der Waals surface area contributed by atoms with E-state index < -0.39 is 0 Å². The highest BCUT2D eigenvalue weighted by molar-refractivity contribution is 6.31. The van der Waals surface area contributed by atoms with Crippen LogP contribution >= 0.6 is 11.6 Å². The van der Waals surface area contributed by atoms with Gasteiger partial charge >= 0.3 is 0 Å². The molecule has 21 heavy (non-hydrogen) atoms. The summed E-state index contributed by atoms with van der Waals surface area (Å²) in [5, 5.41) is 3.52. The van der Waals surface area contributed by atoms with Crippen LogP contribution in [-0.2, 0) is 0 Å². The van der Waals surface area contributed by atoms with Crippen LogP contribution in [0.25, 0.3) is 0 Å². The molecule has 2 rings (SSSR count). The number of halogens is 1. The topological polar surface area (TPSA) is 64.3 Å². The monoisotopic (exact) mass is 304 g/mol. The van der Waals surface area contributed by atoms with E-state index in [9.17, 15) is 4.79 Å². The van der Waals surface area contributed by atoms with Crippen LogP contribution in [0.15, 0.2) is 42.5 Å². The first kappa shape index (κ1) is 15.2. The van der Waals surface area contributed by atoms with Gasteiger partial charge in [0, 0.05) is 16.8 Å². The molecule has 0 unspecified atom stereocenters. The quantitative estimate of drug-likeness (QED) is 0.851. The van der Waals surface area contributed by atoms with E-state index in [1.165, 1.54) is 7.11 Å². The molecule has 0 aliphatic rings. The number of carbonyl (C=O) groups is 1. The van der Waals surface area contributed by atoms with E-state index in [2.05, 4.69) is 5.32 Å².